The third-order valence-electron chi connectivity index (χ3n) is 3.82. The minimum Gasteiger partial charge on any atom is -0.481 e. The zero-order valence-corrected chi connectivity index (χ0v) is 8.92. The van der Waals surface area contributed by atoms with Gasteiger partial charge in [-0.05, 0) is 42.5 Å². The van der Waals surface area contributed by atoms with Gasteiger partial charge in [-0.2, -0.15) is 0 Å². The lowest BCUT2D eigenvalue weighted by Gasteiger charge is -2.09. The third kappa shape index (κ3) is 1.14. The number of carbonyl (C=O) groups is 1. The molecule has 2 nitrogen and oxygen atoms in total. The minimum atomic E-state index is -0.664. The van der Waals surface area contributed by atoms with E-state index in [2.05, 4.69) is 0 Å². The maximum Gasteiger partial charge on any atom is 0.307 e. The van der Waals surface area contributed by atoms with Gasteiger partial charge in [-0.15, -0.1) is 0 Å². The molecule has 0 amide bonds. The number of hydrogen-bond acceptors (Lipinski definition) is 1. The number of carboxylic acids is 1. The first-order valence-electron chi connectivity index (χ1n) is 5.15. The SMILES string of the molecule is O=C(O)C1CC12CCc1ccc(Cl)cc12. The van der Waals surface area contributed by atoms with Crippen LogP contribution in [0, 0.1) is 5.92 Å². The fourth-order valence-corrected chi connectivity index (χ4v) is 3.10. The Morgan fingerprint density at radius 2 is 2.33 bits per heavy atom. The second-order valence-electron chi connectivity index (χ2n) is 4.55. The van der Waals surface area contributed by atoms with Crippen molar-refractivity contribution in [2.75, 3.05) is 0 Å². The summed E-state index contributed by atoms with van der Waals surface area (Å²) < 4.78 is 0. The monoisotopic (exact) mass is 222 g/mol. The number of aliphatic carboxylic acids is 1. The maximum atomic E-state index is 11.0. The summed E-state index contributed by atoms with van der Waals surface area (Å²) in [5.74, 6) is -0.847. The number of rotatable bonds is 1. The van der Waals surface area contributed by atoms with Crippen LogP contribution >= 0.6 is 11.6 Å². The fourth-order valence-electron chi connectivity index (χ4n) is 2.93. The molecule has 0 bridgehead atoms. The highest BCUT2D eigenvalue weighted by Crippen LogP contribution is 2.61. The molecule has 1 fully saturated rings. The van der Waals surface area contributed by atoms with E-state index in [1.165, 1.54) is 11.1 Å². The van der Waals surface area contributed by atoms with Crippen molar-refractivity contribution in [3.05, 3.63) is 34.3 Å². The van der Waals surface area contributed by atoms with Gasteiger partial charge in [0.1, 0.15) is 0 Å². The molecular formula is C12H11ClO2. The second-order valence-corrected chi connectivity index (χ2v) is 4.99. The smallest absolute Gasteiger partial charge is 0.307 e. The van der Waals surface area contributed by atoms with Crippen LogP contribution in [-0.2, 0) is 16.6 Å². The summed E-state index contributed by atoms with van der Waals surface area (Å²) in [6.07, 6.45) is 2.76. The lowest BCUT2D eigenvalue weighted by molar-refractivity contribution is -0.139. The minimum absolute atomic E-state index is 0.0773. The quantitative estimate of drug-likeness (QED) is 0.793. The molecule has 2 aliphatic rings. The summed E-state index contributed by atoms with van der Waals surface area (Å²) in [7, 11) is 0. The van der Waals surface area contributed by atoms with Gasteiger partial charge in [-0.25, -0.2) is 0 Å². The van der Waals surface area contributed by atoms with Crippen molar-refractivity contribution >= 4 is 17.6 Å². The topological polar surface area (TPSA) is 37.3 Å². The second kappa shape index (κ2) is 2.76. The molecule has 1 aromatic rings. The standard InChI is InChI=1S/C12H11ClO2/c13-8-2-1-7-3-4-12(9(7)5-8)6-10(12)11(14)15/h1-2,5,10H,3-4,6H2,(H,14,15). The predicted molar refractivity (Wildman–Crippen MR) is 57.2 cm³/mol. The summed E-state index contributed by atoms with van der Waals surface area (Å²) in [5.41, 5.74) is 2.39. The van der Waals surface area contributed by atoms with Crippen molar-refractivity contribution in [3.8, 4) is 0 Å². The van der Waals surface area contributed by atoms with Gasteiger partial charge in [0.2, 0.25) is 0 Å². The Hall–Kier alpha value is -1.02. The van der Waals surface area contributed by atoms with E-state index in [4.69, 9.17) is 16.7 Å². The fraction of sp³-hybridized carbons (Fsp3) is 0.417. The summed E-state index contributed by atoms with van der Waals surface area (Å²) >= 11 is 5.96. The first-order chi connectivity index (χ1) is 7.13. The van der Waals surface area contributed by atoms with Crippen LogP contribution in [0.3, 0.4) is 0 Å². The van der Waals surface area contributed by atoms with Crippen molar-refractivity contribution in [1.82, 2.24) is 0 Å². The van der Waals surface area contributed by atoms with E-state index in [1.54, 1.807) is 0 Å². The van der Waals surface area contributed by atoms with E-state index in [9.17, 15) is 4.79 Å². The highest BCUT2D eigenvalue weighted by molar-refractivity contribution is 6.30. The Morgan fingerprint density at radius 1 is 1.53 bits per heavy atom. The van der Waals surface area contributed by atoms with Crippen molar-refractivity contribution in [2.45, 2.75) is 24.7 Å². The molecule has 0 saturated heterocycles. The van der Waals surface area contributed by atoms with E-state index < -0.39 is 5.97 Å². The zero-order valence-electron chi connectivity index (χ0n) is 8.16. The third-order valence-corrected chi connectivity index (χ3v) is 4.06. The summed E-state index contributed by atoms with van der Waals surface area (Å²) in [6.45, 7) is 0. The van der Waals surface area contributed by atoms with Crippen LogP contribution in [0.5, 0.6) is 0 Å². The molecule has 3 heteroatoms. The van der Waals surface area contributed by atoms with Crippen LogP contribution in [-0.4, -0.2) is 11.1 Å². The van der Waals surface area contributed by atoms with Crippen LogP contribution < -0.4 is 0 Å². The molecular weight excluding hydrogens is 212 g/mol. The molecule has 0 aliphatic heterocycles. The van der Waals surface area contributed by atoms with Gasteiger partial charge in [-0.3, -0.25) is 4.79 Å². The Balaban J connectivity index is 2.06. The van der Waals surface area contributed by atoms with Crippen LogP contribution in [0.25, 0.3) is 0 Å². The predicted octanol–water partition coefficient (Wildman–Crippen LogP) is 2.63. The molecule has 2 unspecified atom stereocenters. The largest absolute Gasteiger partial charge is 0.481 e. The Bertz CT molecular complexity index is 455. The molecule has 1 aromatic carbocycles. The first kappa shape index (κ1) is 9.22. The summed E-state index contributed by atoms with van der Waals surface area (Å²) in [5, 5.41) is 9.75. The molecule has 78 valence electrons. The van der Waals surface area contributed by atoms with Gasteiger partial charge < -0.3 is 5.11 Å². The Labute approximate surface area is 92.9 Å². The summed E-state index contributed by atoms with van der Waals surface area (Å²) in [4.78, 5) is 11.0. The number of halogens is 1. The van der Waals surface area contributed by atoms with Gasteiger partial charge >= 0.3 is 5.97 Å². The van der Waals surface area contributed by atoms with Crippen molar-refractivity contribution in [1.29, 1.82) is 0 Å². The number of carboxylic acid groups (broad SMARTS) is 1. The van der Waals surface area contributed by atoms with E-state index in [1.807, 2.05) is 18.2 Å². The number of aryl methyl sites for hydroxylation is 1. The Kier molecular flexibility index (Phi) is 1.70. The molecule has 2 atom stereocenters. The molecule has 3 rings (SSSR count). The average molecular weight is 223 g/mol. The van der Waals surface area contributed by atoms with Crippen molar-refractivity contribution in [2.24, 2.45) is 5.92 Å². The lowest BCUT2D eigenvalue weighted by atomic mass is 9.95. The Morgan fingerprint density at radius 3 is 3.00 bits per heavy atom. The van der Waals surface area contributed by atoms with Gasteiger partial charge in [0.25, 0.3) is 0 Å². The molecule has 0 aromatic heterocycles. The zero-order chi connectivity index (χ0) is 10.6. The highest BCUT2D eigenvalue weighted by Gasteiger charge is 2.61. The lowest BCUT2D eigenvalue weighted by Crippen LogP contribution is -2.11. The highest BCUT2D eigenvalue weighted by atomic mass is 35.5. The molecule has 0 heterocycles. The van der Waals surface area contributed by atoms with Gasteiger partial charge in [0.15, 0.2) is 0 Å². The molecule has 2 aliphatic carbocycles. The molecule has 0 radical (unpaired) electrons. The van der Waals surface area contributed by atoms with Crippen LogP contribution in [0.1, 0.15) is 24.0 Å². The normalized spacial score (nSPS) is 31.7. The van der Waals surface area contributed by atoms with Gasteiger partial charge in [-0.1, -0.05) is 17.7 Å². The van der Waals surface area contributed by atoms with Gasteiger partial charge in [0.05, 0.1) is 5.92 Å². The number of hydrogen-bond donors (Lipinski definition) is 1. The van der Waals surface area contributed by atoms with Crippen LogP contribution in [0.2, 0.25) is 5.02 Å². The van der Waals surface area contributed by atoms with Crippen LogP contribution in [0.4, 0.5) is 0 Å². The van der Waals surface area contributed by atoms with Crippen molar-refractivity contribution < 1.29 is 9.90 Å². The molecule has 1 N–H and O–H groups in total. The number of benzene rings is 1. The molecule has 1 saturated carbocycles. The van der Waals surface area contributed by atoms with E-state index >= 15 is 0 Å². The van der Waals surface area contributed by atoms with E-state index in [-0.39, 0.29) is 11.3 Å². The van der Waals surface area contributed by atoms with Crippen LogP contribution in [0.15, 0.2) is 18.2 Å². The van der Waals surface area contributed by atoms with Crippen molar-refractivity contribution in [3.63, 3.8) is 0 Å². The maximum absolute atomic E-state index is 11.0. The van der Waals surface area contributed by atoms with Gasteiger partial charge in [0, 0.05) is 10.4 Å². The van der Waals surface area contributed by atoms with E-state index in [0.717, 1.165) is 19.3 Å². The number of fused-ring (bicyclic) bond motifs is 2. The van der Waals surface area contributed by atoms with E-state index in [0.29, 0.717) is 5.02 Å². The molecule has 15 heavy (non-hydrogen) atoms. The molecule has 1 spiro atoms. The average Bonchev–Trinajstić information content (AvgIpc) is 2.81. The first-order valence-corrected chi connectivity index (χ1v) is 5.53. The summed E-state index contributed by atoms with van der Waals surface area (Å²) in [6, 6.07) is 5.87.